The Morgan fingerprint density at radius 2 is 2.21 bits per heavy atom. The molecule has 1 aromatic heterocycles. The van der Waals surface area contributed by atoms with Gasteiger partial charge in [-0.05, 0) is 24.6 Å². The lowest BCUT2D eigenvalue weighted by atomic mass is 10.2. The predicted molar refractivity (Wildman–Crippen MR) is 75.8 cm³/mol. The molecule has 0 bridgehead atoms. The van der Waals surface area contributed by atoms with Crippen molar-refractivity contribution in [3.63, 3.8) is 0 Å². The Morgan fingerprint density at radius 1 is 1.42 bits per heavy atom. The third-order valence-electron chi connectivity index (χ3n) is 3.58. The molecule has 0 unspecified atom stereocenters. The third kappa shape index (κ3) is 4.69. The molecule has 1 saturated heterocycles. The van der Waals surface area contributed by atoms with Gasteiger partial charge in [-0.3, -0.25) is 4.79 Å². The number of carbonyl (C=O) groups is 1. The molecule has 19 heavy (non-hydrogen) atoms. The zero-order chi connectivity index (χ0) is 13.5. The molecule has 0 aliphatic carbocycles. The molecule has 1 aliphatic heterocycles. The molecule has 1 amide bonds. The SMILES string of the molecule is CN(Cc1cc[nH]c1)C(=O)CCCN1CCNCC1. The molecular weight excluding hydrogens is 240 g/mol. The van der Waals surface area contributed by atoms with Gasteiger partial charge in [0, 0.05) is 58.6 Å². The molecule has 0 radical (unpaired) electrons. The summed E-state index contributed by atoms with van der Waals surface area (Å²) in [4.78, 5) is 19.2. The Labute approximate surface area is 115 Å². The third-order valence-corrected chi connectivity index (χ3v) is 3.58. The standard InChI is InChI=1S/C14H24N4O/c1-17(12-13-4-5-16-11-13)14(19)3-2-8-18-9-6-15-7-10-18/h4-5,11,15-16H,2-3,6-10,12H2,1H3. The largest absolute Gasteiger partial charge is 0.367 e. The lowest BCUT2D eigenvalue weighted by molar-refractivity contribution is -0.130. The fourth-order valence-electron chi connectivity index (χ4n) is 2.40. The molecular formula is C14H24N4O. The molecule has 5 heteroatoms. The number of aromatic nitrogens is 1. The number of carbonyl (C=O) groups excluding carboxylic acids is 1. The second kappa shape index (κ2) is 7.31. The van der Waals surface area contributed by atoms with Crippen LogP contribution >= 0.6 is 0 Å². The highest BCUT2D eigenvalue weighted by atomic mass is 16.2. The number of aromatic amines is 1. The van der Waals surface area contributed by atoms with Gasteiger partial charge in [-0.25, -0.2) is 0 Å². The zero-order valence-corrected chi connectivity index (χ0v) is 11.7. The maximum absolute atomic E-state index is 12.0. The molecule has 2 N–H and O–H groups in total. The van der Waals surface area contributed by atoms with E-state index in [9.17, 15) is 4.79 Å². The van der Waals surface area contributed by atoms with Crippen LogP contribution in [0.15, 0.2) is 18.5 Å². The first-order valence-corrected chi connectivity index (χ1v) is 7.04. The van der Waals surface area contributed by atoms with Crippen LogP contribution in [0.3, 0.4) is 0 Å². The van der Waals surface area contributed by atoms with Gasteiger partial charge >= 0.3 is 0 Å². The minimum Gasteiger partial charge on any atom is -0.367 e. The summed E-state index contributed by atoms with van der Waals surface area (Å²) in [6, 6.07) is 2.00. The Balaban J connectivity index is 1.63. The first-order chi connectivity index (χ1) is 9.25. The summed E-state index contributed by atoms with van der Waals surface area (Å²) >= 11 is 0. The average Bonchev–Trinajstić information content (AvgIpc) is 2.92. The molecule has 0 spiro atoms. The summed E-state index contributed by atoms with van der Waals surface area (Å²) in [7, 11) is 1.88. The summed E-state index contributed by atoms with van der Waals surface area (Å²) in [5, 5.41) is 3.34. The van der Waals surface area contributed by atoms with E-state index in [-0.39, 0.29) is 5.91 Å². The highest BCUT2D eigenvalue weighted by Crippen LogP contribution is 2.05. The van der Waals surface area contributed by atoms with Crippen LogP contribution in [0.2, 0.25) is 0 Å². The van der Waals surface area contributed by atoms with Crippen LogP contribution in [0.1, 0.15) is 18.4 Å². The molecule has 0 atom stereocenters. The summed E-state index contributed by atoms with van der Waals surface area (Å²) in [5.74, 6) is 0.233. The van der Waals surface area contributed by atoms with Gasteiger partial charge in [0.05, 0.1) is 0 Å². The number of nitrogens with zero attached hydrogens (tertiary/aromatic N) is 2. The molecule has 5 nitrogen and oxygen atoms in total. The summed E-state index contributed by atoms with van der Waals surface area (Å²) in [6.07, 6.45) is 5.42. The summed E-state index contributed by atoms with van der Waals surface area (Å²) in [6.45, 7) is 6.07. The van der Waals surface area contributed by atoms with E-state index in [1.165, 1.54) is 0 Å². The van der Waals surface area contributed by atoms with Crippen molar-refractivity contribution in [1.29, 1.82) is 0 Å². The van der Waals surface area contributed by atoms with Gasteiger partial charge in [0.2, 0.25) is 5.91 Å². The minimum atomic E-state index is 0.233. The lowest BCUT2D eigenvalue weighted by Crippen LogP contribution is -2.43. The van der Waals surface area contributed by atoms with Crippen LogP contribution < -0.4 is 5.32 Å². The molecule has 0 aromatic carbocycles. The monoisotopic (exact) mass is 264 g/mol. The topological polar surface area (TPSA) is 51.4 Å². The molecule has 2 heterocycles. The van der Waals surface area contributed by atoms with Crippen molar-refractivity contribution < 1.29 is 4.79 Å². The fourth-order valence-corrected chi connectivity index (χ4v) is 2.40. The zero-order valence-electron chi connectivity index (χ0n) is 11.7. The van der Waals surface area contributed by atoms with Gasteiger partial charge in [-0.1, -0.05) is 0 Å². The van der Waals surface area contributed by atoms with Crippen molar-refractivity contribution in [2.24, 2.45) is 0 Å². The van der Waals surface area contributed by atoms with E-state index in [0.29, 0.717) is 13.0 Å². The number of rotatable bonds is 6. The van der Waals surface area contributed by atoms with Gasteiger partial charge < -0.3 is 20.1 Å². The van der Waals surface area contributed by atoms with E-state index < -0.39 is 0 Å². The Bertz CT molecular complexity index is 371. The van der Waals surface area contributed by atoms with Crippen LogP contribution in [-0.2, 0) is 11.3 Å². The molecule has 2 rings (SSSR count). The smallest absolute Gasteiger partial charge is 0.222 e. The first-order valence-electron chi connectivity index (χ1n) is 7.04. The van der Waals surface area contributed by atoms with Gasteiger partial charge in [-0.2, -0.15) is 0 Å². The van der Waals surface area contributed by atoms with Gasteiger partial charge in [0.25, 0.3) is 0 Å². The predicted octanol–water partition coefficient (Wildman–Crippen LogP) is 0.659. The lowest BCUT2D eigenvalue weighted by Gasteiger charge is -2.27. The van der Waals surface area contributed by atoms with E-state index in [2.05, 4.69) is 15.2 Å². The van der Waals surface area contributed by atoms with Crippen LogP contribution in [-0.4, -0.2) is 60.5 Å². The molecule has 106 valence electrons. The van der Waals surface area contributed by atoms with Gasteiger partial charge in [-0.15, -0.1) is 0 Å². The van der Waals surface area contributed by atoms with Crippen LogP contribution in [0.4, 0.5) is 0 Å². The van der Waals surface area contributed by atoms with E-state index in [1.54, 1.807) is 4.90 Å². The van der Waals surface area contributed by atoms with E-state index in [1.807, 2.05) is 25.5 Å². The van der Waals surface area contributed by atoms with Crippen LogP contribution in [0, 0.1) is 0 Å². The second-order valence-corrected chi connectivity index (χ2v) is 5.16. The number of hydrogen-bond acceptors (Lipinski definition) is 3. The number of amides is 1. The summed E-state index contributed by atoms with van der Waals surface area (Å²) in [5.41, 5.74) is 1.15. The molecule has 1 fully saturated rings. The van der Waals surface area contributed by atoms with Gasteiger partial charge in [0.1, 0.15) is 0 Å². The Kier molecular flexibility index (Phi) is 5.42. The molecule has 1 aliphatic rings. The maximum Gasteiger partial charge on any atom is 0.222 e. The normalized spacial score (nSPS) is 16.5. The Hall–Kier alpha value is -1.33. The highest BCUT2D eigenvalue weighted by molar-refractivity contribution is 5.75. The quantitative estimate of drug-likeness (QED) is 0.793. The number of hydrogen-bond donors (Lipinski definition) is 2. The van der Waals surface area contributed by atoms with Crippen molar-refractivity contribution in [3.8, 4) is 0 Å². The van der Waals surface area contributed by atoms with Crippen molar-refractivity contribution in [2.45, 2.75) is 19.4 Å². The fraction of sp³-hybridized carbons (Fsp3) is 0.643. The Morgan fingerprint density at radius 3 is 2.89 bits per heavy atom. The number of nitrogens with one attached hydrogen (secondary N) is 2. The minimum absolute atomic E-state index is 0.233. The first kappa shape index (κ1) is 14.1. The average molecular weight is 264 g/mol. The second-order valence-electron chi connectivity index (χ2n) is 5.16. The van der Waals surface area contributed by atoms with E-state index >= 15 is 0 Å². The molecule has 1 aromatic rings. The van der Waals surface area contributed by atoms with Crippen molar-refractivity contribution in [1.82, 2.24) is 20.1 Å². The van der Waals surface area contributed by atoms with E-state index in [0.717, 1.165) is 44.7 Å². The van der Waals surface area contributed by atoms with Crippen molar-refractivity contribution in [2.75, 3.05) is 39.8 Å². The van der Waals surface area contributed by atoms with Crippen LogP contribution in [0.5, 0.6) is 0 Å². The van der Waals surface area contributed by atoms with Gasteiger partial charge in [0.15, 0.2) is 0 Å². The van der Waals surface area contributed by atoms with Crippen molar-refractivity contribution >= 4 is 5.91 Å². The maximum atomic E-state index is 12.0. The highest BCUT2D eigenvalue weighted by Gasteiger charge is 2.12. The molecule has 0 saturated carbocycles. The van der Waals surface area contributed by atoms with Crippen LogP contribution in [0.25, 0.3) is 0 Å². The summed E-state index contributed by atoms with van der Waals surface area (Å²) < 4.78 is 0. The van der Waals surface area contributed by atoms with E-state index in [4.69, 9.17) is 0 Å². The number of piperazine rings is 1. The van der Waals surface area contributed by atoms with Crippen molar-refractivity contribution in [3.05, 3.63) is 24.0 Å². The number of H-pyrrole nitrogens is 1.